The van der Waals surface area contributed by atoms with Gasteiger partial charge in [-0.1, -0.05) is 0 Å². The number of hydrogen-bond donors (Lipinski definition) is 1. The first-order valence-electron chi connectivity index (χ1n) is 5.79. The normalized spacial score (nSPS) is 13.0. The lowest BCUT2D eigenvalue weighted by molar-refractivity contribution is 0.438. The summed E-state index contributed by atoms with van der Waals surface area (Å²) in [4.78, 5) is 0. The molecule has 0 aliphatic heterocycles. The Balaban J connectivity index is 2.15. The molecular formula is C14H13FN2O. The highest BCUT2D eigenvalue weighted by Gasteiger charge is 2.16. The van der Waals surface area contributed by atoms with Gasteiger partial charge in [-0.2, -0.15) is 0 Å². The Morgan fingerprint density at radius 2 is 2.17 bits per heavy atom. The monoisotopic (exact) mass is 244 g/mol. The average Bonchev–Trinajstić information content (AvgIpc) is 3.01. The van der Waals surface area contributed by atoms with Gasteiger partial charge in [0.15, 0.2) is 0 Å². The van der Waals surface area contributed by atoms with Crippen LogP contribution in [-0.2, 0) is 0 Å². The van der Waals surface area contributed by atoms with Crippen LogP contribution < -0.4 is 5.73 Å². The van der Waals surface area contributed by atoms with Crippen LogP contribution >= 0.6 is 0 Å². The van der Waals surface area contributed by atoms with Crippen molar-refractivity contribution in [2.75, 3.05) is 6.54 Å². The Labute approximate surface area is 104 Å². The second-order valence-electron chi connectivity index (χ2n) is 4.19. The van der Waals surface area contributed by atoms with E-state index in [0.29, 0.717) is 6.54 Å². The molecule has 0 saturated carbocycles. The Morgan fingerprint density at radius 1 is 1.28 bits per heavy atom. The molecule has 3 rings (SSSR count). The molecule has 0 radical (unpaired) electrons. The van der Waals surface area contributed by atoms with Crippen LogP contribution in [0.5, 0.6) is 0 Å². The number of furan rings is 1. The van der Waals surface area contributed by atoms with Gasteiger partial charge < -0.3 is 14.7 Å². The van der Waals surface area contributed by atoms with Gasteiger partial charge in [-0.3, -0.25) is 0 Å². The number of hydrogen-bond acceptors (Lipinski definition) is 2. The fraction of sp³-hybridized carbons (Fsp3) is 0.143. The highest BCUT2D eigenvalue weighted by molar-refractivity contribution is 5.80. The molecular weight excluding hydrogens is 231 g/mol. The predicted molar refractivity (Wildman–Crippen MR) is 67.8 cm³/mol. The zero-order valence-electron chi connectivity index (χ0n) is 9.71. The molecule has 1 unspecified atom stereocenters. The van der Waals surface area contributed by atoms with E-state index in [-0.39, 0.29) is 11.9 Å². The van der Waals surface area contributed by atoms with E-state index in [0.717, 1.165) is 16.7 Å². The molecule has 2 heterocycles. The Hall–Kier alpha value is -2.07. The van der Waals surface area contributed by atoms with Crippen LogP contribution in [-0.4, -0.2) is 11.1 Å². The van der Waals surface area contributed by atoms with Crippen LogP contribution in [0.15, 0.2) is 53.3 Å². The van der Waals surface area contributed by atoms with Crippen molar-refractivity contribution in [3.05, 3.63) is 60.4 Å². The number of nitrogens with zero attached hydrogens (tertiary/aromatic N) is 1. The molecule has 0 saturated heterocycles. The minimum atomic E-state index is -0.252. The molecule has 0 fully saturated rings. The number of halogens is 1. The van der Waals surface area contributed by atoms with Gasteiger partial charge in [0.05, 0.1) is 11.8 Å². The third-order valence-electron chi connectivity index (χ3n) is 3.12. The minimum Gasteiger partial charge on any atom is -0.467 e. The molecule has 0 spiro atoms. The van der Waals surface area contributed by atoms with Gasteiger partial charge in [0.1, 0.15) is 17.6 Å². The largest absolute Gasteiger partial charge is 0.467 e. The summed E-state index contributed by atoms with van der Waals surface area (Å²) in [6.45, 7) is 0.397. The molecule has 2 N–H and O–H groups in total. The molecule has 4 heteroatoms. The summed E-state index contributed by atoms with van der Waals surface area (Å²) in [5, 5.41) is 0.987. The van der Waals surface area contributed by atoms with Gasteiger partial charge in [0, 0.05) is 12.7 Å². The summed E-state index contributed by atoms with van der Waals surface area (Å²) >= 11 is 0. The van der Waals surface area contributed by atoms with E-state index in [2.05, 4.69) is 0 Å². The number of rotatable bonds is 3. The Kier molecular flexibility index (Phi) is 2.64. The topological polar surface area (TPSA) is 44.1 Å². The molecule has 0 aliphatic rings. The molecule has 0 amide bonds. The van der Waals surface area contributed by atoms with Crippen molar-refractivity contribution in [1.29, 1.82) is 0 Å². The third-order valence-corrected chi connectivity index (χ3v) is 3.12. The molecule has 3 nitrogen and oxygen atoms in total. The summed E-state index contributed by atoms with van der Waals surface area (Å²) in [5.41, 5.74) is 6.63. The maximum atomic E-state index is 13.3. The van der Waals surface area contributed by atoms with Gasteiger partial charge in [-0.25, -0.2) is 4.39 Å². The zero-order chi connectivity index (χ0) is 12.5. The van der Waals surface area contributed by atoms with Gasteiger partial charge >= 0.3 is 0 Å². The summed E-state index contributed by atoms with van der Waals surface area (Å²) in [5.74, 6) is 0.525. The van der Waals surface area contributed by atoms with Crippen molar-refractivity contribution in [2.45, 2.75) is 6.04 Å². The fourth-order valence-corrected chi connectivity index (χ4v) is 2.24. The Morgan fingerprint density at radius 3 is 2.89 bits per heavy atom. The first-order valence-corrected chi connectivity index (χ1v) is 5.79. The highest BCUT2D eigenvalue weighted by Crippen LogP contribution is 2.25. The van der Waals surface area contributed by atoms with Crippen LogP contribution in [0.1, 0.15) is 11.8 Å². The zero-order valence-corrected chi connectivity index (χ0v) is 9.71. The first kappa shape index (κ1) is 11.0. The van der Waals surface area contributed by atoms with Crippen LogP contribution in [0, 0.1) is 5.82 Å². The van der Waals surface area contributed by atoms with Gasteiger partial charge in [0.25, 0.3) is 0 Å². The van der Waals surface area contributed by atoms with Crippen molar-refractivity contribution >= 4 is 10.9 Å². The fourth-order valence-electron chi connectivity index (χ4n) is 2.24. The number of fused-ring (bicyclic) bond motifs is 1. The minimum absolute atomic E-state index is 0.112. The van der Waals surface area contributed by atoms with Crippen molar-refractivity contribution in [3.63, 3.8) is 0 Å². The van der Waals surface area contributed by atoms with E-state index >= 15 is 0 Å². The summed E-state index contributed by atoms with van der Waals surface area (Å²) in [6, 6.07) is 10.3. The number of aromatic nitrogens is 1. The SMILES string of the molecule is NCC(c1ccco1)n1ccc2ccc(F)cc21. The lowest BCUT2D eigenvalue weighted by Gasteiger charge is -2.16. The van der Waals surface area contributed by atoms with Crippen LogP contribution in [0.2, 0.25) is 0 Å². The lowest BCUT2D eigenvalue weighted by Crippen LogP contribution is -2.19. The summed E-state index contributed by atoms with van der Waals surface area (Å²) in [7, 11) is 0. The van der Waals surface area contributed by atoms with Crippen LogP contribution in [0.3, 0.4) is 0 Å². The van der Waals surface area contributed by atoms with E-state index in [1.54, 1.807) is 12.3 Å². The summed E-state index contributed by atoms with van der Waals surface area (Å²) < 4.78 is 20.7. The van der Waals surface area contributed by atoms with Crippen LogP contribution in [0.25, 0.3) is 10.9 Å². The second-order valence-corrected chi connectivity index (χ2v) is 4.19. The first-order chi connectivity index (χ1) is 8.79. The molecule has 3 aromatic rings. The number of benzene rings is 1. The van der Waals surface area contributed by atoms with Crippen molar-refractivity contribution in [3.8, 4) is 0 Å². The molecule has 92 valence electrons. The van der Waals surface area contributed by atoms with Crippen LogP contribution in [0.4, 0.5) is 4.39 Å². The van der Waals surface area contributed by atoms with Gasteiger partial charge in [-0.05, 0) is 41.8 Å². The smallest absolute Gasteiger partial charge is 0.127 e. The summed E-state index contributed by atoms with van der Waals surface area (Å²) in [6.07, 6.45) is 3.52. The molecule has 0 bridgehead atoms. The maximum absolute atomic E-state index is 13.3. The lowest BCUT2D eigenvalue weighted by atomic mass is 10.2. The second kappa shape index (κ2) is 4.31. The molecule has 2 aromatic heterocycles. The quantitative estimate of drug-likeness (QED) is 0.769. The van der Waals surface area contributed by atoms with Gasteiger partial charge in [0.2, 0.25) is 0 Å². The Bertz CT molecular complexity index is 658. The third kappa shape index (κ3) is 1.71. The average molecular weight is 244 g/mol. The standard InChI is InChI=1S/C14H13FN2O/c15-11-4-3-10-5-6-17(12(10)8-11)13(9-16)14-2-1-7-18-14/h1-8,13H,9,16H2. The highest BCUT2D eigenvalue weighted by atomic mass is 19.1. The predicted octanol–water partition coefficient (Wildman–Crippen LogP) is 2.92. The van der Waals surface area contributed by atoms with E-state index in [1.807, 2.05) is 29.0 Å². The van der Waals surface area contributed by atoms with E-state index < -0.39 is 0 Å². The van der Waals surface area contributed by atoms with Crippen molar-refractivity contribution < 1.29 is 8.81 Å². The van der Waals surface area contributed by atoms with Gasteiger partial charge in [-0.15, -0.1) is 0 Å². The maximum Gasteiger partial charge on any atom is 0.127 e. The molecule has 0 aliphatic carbocycles. The van der Waals surface area contributed by atoms with E-state index in [1.165, 1.54) is 12.1 Å². The van der Waals surface area contributed by atoms with E-state index in [4.69, 9.17) is 10.2 Å². The molecule has 1 aromatic carbocycles. The number of nitrogens with two attached hydrogens (primary N) is 1. The van der Waals surface area contributed by atoms with Crippen molar-refractivity contribution in [1.82, 2.24) is 4.57 Å². The molecule has 1 atom stereocenters. The molecule has 18 heavy (non-hydrogen) atoms. The van der Waals surface area contributed by atoms with Crippen molar-refractivity contribution in [2.24, 2.45) is 5.73 Å². The van der Waals surface area contributed by atoms with E-state index in [9.17, 15) is 4.39 Å².